The van der Waals surface area contributed by atoms with Gasteiger partial charge in [-0.1, -0.05) is 12.1 Å². The van der Waals surface area contributed by atoms with Gasteiger partial charge in [-0.3, -0.25) is 9.48 Å². The second-order valence-corrected chi connectivity index (χ2v) is 6.90. The van der Waals surface area contributed by atoms with Crippen molar-refractivity contribution in [2.75, 3.05) is 34.0 Å². The molecule has 2 aromatic rings. The van der Waals surface area contributed by atoms with Gasteiger partial charge in [0, 0.05) is 39.6 Å². The van der Waals surface area contributed by atoms with Crippen LogP contribution in [0, 0.1) is 5.92 Å². The first-order valence-corrected chi connectivity index (χ1v) is 9.76. The van der Waals surface area contributed by atoms with Crippen LogP contribution in [-0.4, -0.2) is 49.7 Å². The summed E-state index contributed by atoms with van der Waals surface area (Å²) in [5.74, 6) is 0.690. The molecule has 1 amide bonds. The molecule has 28 heavy (non-hydrogen) atoms. The van der Waals surface area contributed by atoms with Gasteiger partial charge < -0.3 is 19.5 Å². The van der Waals surface area contributed by atoms with E-state index in [-0.39, 0.29) is 17.9 Å². The lowest BCUT2D eigenvalue weighted by Gasteiger charge is -2.19. The van der Waals surface area contributed by atoms with Crippen molar-refractivity contribution in [1.82, 2.24) is 15.1 Å². The van der Waals surface area contributed by atoms with Crippen molar-refractivity contribution in [2.45, 2.75) is 31.9 Å². The minimum Gasteiger partial charge on any atom is -0.497 e. The van der Waals surface area contributed by atoms with Gasteiger partial charge in [0.2, 0.25) is 5.91 Å². The Balaban J connectivity index is 1.53. The standard InChI is InChI=1S/C21H29N3O4/c1-26-14-3-13-24-19(9-12-23-24)20-18(10-15-28-20)21(25)22-11-8-16-4-6-17(27-2)7-5-16/h4-7,9,12,18,20H,3,8,10-11,13-15H2,1-2H3,(H,22,25)/t18-,20-/m0/s1. The van der Waals surface area contributed by atoms with Crippen molar-refractivity contribution < 1.29 is 19.0 Å². The number of nitrogens with one attached hydrogen (secondary N) is 1. The van der Waals surface area contributed by atoms with Crippen molar-refractivity contribution in [1.29, 1.82) is 0 Å². The summed E-state index contributed by atoms with van der Waals surface area (Å²) < 4.78 is 18.1. The van der Waals surface area contributed by atoms with Gasteiger partial charge in [0.1, 0.15) is 11.9 Å². The number of amides is 1. The first kappa shape index (κ1) is 20.4. The van der Waals surface area contributed by atoms with E-state index in [1.165, 1.54) is 0 Å². The van der Waals surface area contributed by atoms with Crippen LogP contribution in [-0.2, 0) is 27.2 Å². The third kappa shape index (κ3) is 5.11. The zero-order chi connectivity index (χ0) is 19.8. The van der Waals surface area contributed by atoms with E-state index in [2.05, 4.69) is 10.4 Å². The van der Waals surface area contributed by atoms with Gasteiger partial charge in [-0.25, -0.2) is 0 Å². The van der Waals surface area contributed by atoms with E-state index in [1.54, 1.807) is 20.4 Å². The summed E-state index contributed by atoms with van der Waals surface area (Å²) >= 11 is 0. The molecule has 2 heterocycles. The maximum absolute atomic E-state index is 12.8. The Kier molecular flexibility index (Phi) is 7.45. The summed E-state index contributed by atoms with van der Waals surface area (Å²) in [7, 11) is 3.34. The highest BCUT2D eigenvalue weighted by atomic mass is 16.5. The molecule has 1 N–H and O–H groups in total. The van der Waals surface area contributed by atoms with Crippen LogP contribution < -0.4 is 10.1 Å². The SMILES string of the molecule is COCCCn1nccc1[C@H]1OCC[C@@H]1C(=O)NCCc1ccc(OC)cc1. The second kappa shape index (κ2) is 10.2. The number of rotatable bonds is 10. The minimum absolute atomic E-state index is 0.0423. The first-order chi connectivity index (χ1) is 13.7. The van der Waals surface area contributed by atoms with Gasteiger partial charge in [0.15, 0.2) is 0 Å². The van der Waals surface area contributed by atoms with Gasteiger partial charge in [-0.2, -0.15) is 5.10 Å². The number of carbonyl (C=O) groups excluding carboxylic acids is 1. The van der Waals surface area contributed by atoms with Crippen molar-refractivity contribution >= 4 is 5.91 Å². The van der Waals surface area contributed by atoms with E-state index in [9.17, 15) is 4.79 Å². The Bertz CT molecular complexity index is 744. The molecule has 7 heteroatoms. The molecule has 1 aromatic carbocycles. The summed E-state index contributed by atoms with van der Waals surface area (Å²) in [6.07, 6.45) is 3.90. The van der Waals surface area contributed by atoms with Crippen molar-refractivity contribution in [3.63, 3.8) is 0 Å². The number of benzene rings is 1. The topological polar surface area (TPSA) is 74.6 Å². The fourth-order valence-corrected chi connectivity index (χ4v) is 3.53. The summed E-state index contributed by atoms with van der Waals surface area (Å²) in [4.78, 5) is 12.8. The van der Waals surface area contributed by atoms with Crippen LogP contribution >= 0.6 is 0 Å². The van der Waals surface area contributed by atoms with Gasteiger partial charge in [0.05, 0.1) is 18.7 Å². The molecule has 0 spiro atoms. The van der Waals surface area contributed by atoms with Crippen LogP contribution in [0.1, 0.15) is 30.2 Å². The Morgan fingerprint density at radius 1 is 1.29 bits per heavy atom. The van der Waals surface area contributed by atoms with E-state index in [1.807, 2.05) is 35.0 Å². The molecule has 0 bridgehead atoms. The molecule has 0 saturated carbocycles. The second-order valence-electron chi connectivity index (χ2n) is 6.90. The predicted molar refractivity (Wildman–Crippen MR) is 105 cm³/mol. The molecule has 1 aliphatic heterocycles. The quantitative estimate of drug-likeness (QED) is 0.634. The number of aromatic nitrogens is 2. The van der Waals surface area contributed by atoms with E-state index in [4.69, 9.17) is 14.2 Å². The fraction of sp³-hybridized carbons (Fsp3) is 0.524. The van der Waals surface area contributed by atoms with E-state index in [0.29, 0.717) is 19.8 Å². The van der Waals surface area contributed by atoms with E-state index >= 15 is 0 Å². The van der Waals surface area contributed by atoms with Gasteiger partial charge in [-0.15, -0.1) is 0 Å². The zero-order valence-corrected chi connectivity index (χ0v) is 16.6. The third-order valence-corrected chi connectivity index (χ3v) is 5.06. The molecular formula is C21H29N3O4. The Morgan fingerprint density at radius 2 is 2.11 bits per heavy atom. The largest absolute Gasteiger partial charge is 0.497 e. The lowest BCUT2D eigenvalue weighted by Crippen LogP contribution is -2.34. The van der Waals surface area contributed by atoms with Crippen LogP contribution in [0.2, 0.25) is 0 Å². The van der Waals surface area contributed by atoms with Crippen molar-refractivity contribution in [3.05, 3.63) is 47.8 Å². The van der Waals surface area contributed by atoms with Crippen LogP contribution in [0.3, 0.4) is 0 Å². The monoisotopic (exact) mass is 387 g/mol. The number of ether oxygens (including phenoxy) is 3. The molecule has 1 aromatic heterocycles. The molecule has 0 unspecified atom stereocenters. The summed E-state index contributed by atoms with van der Waals surface area (Å²) in [5, 5.41) is 7.45. The average molecular weight is 387 g/mol. The number of methoxy groups -OCH3 is 2. The van der Waals surface area contributed by atoms with Crippen molar-refractivity contribution in [3.8, 4) is 5.75 Å². The molecule has 1 saturated heterocycles. The lowest BCUT2D eigenvalue weighted by molar-refractivity contribution is -0.126. The van der Waals surface area contributed by atoms with Crippen molar-refractivity contribution in [2.24, 2.45) is 5.92 Å². The Hall–Kier alpha value is -2.38. The predicted octanol–water partition coefficient (Wildman–Crippen LogP) is 2.36. The third-order valence-electron chi connectivity index (χ3n) is 5.06. The normalized spacial score (nSPS) is 18.9. The smallest absolute Gasteiger partial charge is 0.226 e. The molecule has 2 atom stereocenters. The van der Waals surface area contributed by atoms with Crippen LogP contribution in [0.25, 0.3) is 0 Å². The summed E-state index contributed by atoms with van der Waals surface area (Å²) in [6, 6.07) is 9.85. The van der Waals surface area contributed by atoms with E-state index < -0.39 is 0 Å². The maximum Gasteiger partial charge on any atom is 0.226 e. The maximum atomic E-state index is 12.8. The van der Waals surface area contributed by atoms with Crippen LogP contribution in [0.15, 0.2) is 36.5 Å². The molecule has 1 aliphatic rings. The molecule has 3 rings (SSSR count). The molecule has 1 fully saturated rings. The Labute approximate surface area is 166 Å². The number of aryl methyl sites for hydroxylation is 1. The first-order valence-electron chi connectivity index (χ1n) is 9.76. The summed E-state index contributed by atoms with van der Waals surface area (Å²) in [5.41, 5.74) is 2.13. The number of hydrogen-bond acceptors (Lipinski definition) is 5. The van der Waals surface area contributed by atoms with Crippen LogP contribution in [0.5, 0.6) is 5.75 Å². The van der Waals surface area contributed by atoms with Gasteiger partial charge in [0.25, 0.3) is 0 Å². The van der Waals surface area contributed by atoms with Gasteiger partial charge in [-0.05, 0) is 43.0 Å². The van der Waals surface area contributed by atoms with Gasteiger partial charge >= 0.3 is 0 Å². The average Bonchev–Trinajstić information content (AvgIpc) is 3.37. The minimum atomic E-state index is -0.244. The number of nitrogens with zero attached hydrogens (tertiary/aromatic N) is 2. The van der Waals surface area contributed by atoms with Crippen LogP contribution in [0.4, 0.5) is 0 Å². The molecule has 0 aliphatic carbocycles. The molecular weight excluding hydrogens is 358 g/mol. The zero-order valence-electron chi connectivity index (χ0n) is 16.6. The lowest BCUT2D eigenvalue weighted by atomic mass is 9.97. The molecule has 0 radical (unpaired) electrons. The molecule has 152 valence electrons. The highest BCUT2D eigenvalue weighted by Gasteiger charge is 2.36. The fourth-order valence-electron chi connectivity index (χ4n) is 3.53. The van der Waals surface area contributed by atoms with E-state index in [0.717, 1.165) is 42.8 Å². The highest BCUT2D eigenvalue weighted by molar-refractivity contribution is 5.79. The summed E-state index contributed by atoms with van der Waals surface area (Å²) in [6.45, 7) is 2.62. The molecule has 7 nitrogen and oxygen atoms in total. The number of hydrogen-bond donors (Lipinski definition) is 1. The highest BCUT2D eigenvalue weighted by Crippen LogP contribution is 2.34. The number of carbonyl (C=O) groups is 1. The Morgan fingerprint density at radius 3 is 2.86 bits per heavy atom.